The van der Waals surface area contributed by atoms with Crippen molar-refractivity contribution in [3.63, 3.8) is 0 Å². The van der Waals surface area contributed by atoms with Crippen molar-refractivity contribution >= 4 is 38.9 Å². The third-order valence-corrected chi connectivity index (χ3v) is 4.80. The summed E-state index contributed by atoms with van der Waals surface area (Å²) in [7, 11) is 0. The van der Waals surface area contributed by atoms with E-state index in [4.69, 9.17) is 0 Å². The zero-order valence-electron chi connectivity index (χ0n) is 14.4. The lowest BCUT2D eigenvalue weighted by Gasteiger charge is -2.04. The van der Waals surface area contributed by atoms with E-state index in [2.05, 4.69) is 20.7 Å². The number of nitrogens with one attached hydrogen (secondary N) is 2. The Morgan fingerprint density at radius 2 is 1.61 bits per heavy atom. The van der Waals surface area contributed by atoms with Gasteiger partial charge in [-0.3, -0.25) is 14.4 Å². The van der Waals surface area contributed by atoms with Crippen LogP contribution in [0, 0.1) is 0 Å². The largest absolute Gasteiger partial charge is 0.292 e. The molecule has 0 bridgehead atoms. The standard InChI is InChI=1S/C21H12N4O3/c26-19-15-10-4-6-11-5-3-9-14(16(11)15)17(19)22-25-21(28)18-12-7-1-2-8-13(12)20(27)24-23-18/h1-10H,(H,24,27)(H,25,28)/b22-17-. The molecule has 5 rings (SSSR count). The molecule has 0 atom stereocenters. The summed E-state index contributed by atoms with van der Waals surface area (Å²) in [5, 5.41) is 12.8. The van der Waals surface area contributed by atoms with Gasteiger partial charge < -0.3 is 0 Å². The van der Waals surface area contributed by atoms with Gasteiger partial charge in [0.05, 0.1) is 5.39 Å². The third kappa shape index (κ3) is 2.26. The van der Waals surface area contributed by atoms with Crippen molar-refractivity contribution in [3.8, 4) is 0 Å². The second kappa shape index (κ2) is 5.95. The lowest BCUT2D eigenvalue weighted by molar-refractivity contribution is 0.0950. The zero-order chi connectivity index (χ0) is 19.3. The molecular weight excluding hydrogens is 356 g/mol. The van der Waals surface area contributed by atoms with E-state index >= 15 is 0 Å². The number of aromatic nitrogens is 2. The number of aromatic amines is 1. The Bertz CT molecular complexity index is 1400. The van der Waals surface area contributed by atoms with E-state index in [1.807, 2.05) is 24.3 Å². The van der Waals surface area contributed by atoms with E-state index in [9.17, 15) is 14.4 Å². The number of hydrogen-bond donors (Lipinski definition) is 2. The highest BCUT2D eigenvalue weighted by Gasteiger charge is 2.29. The van der Waals surface area contributed by atoms with Crippen LogP contribution >= 0.6 is 0 Å². The maximum Gasteiger partial charge on any atom is 0.292 e. The minimum atomic E-state index is -0.615. The summed E-state index contributed by atoms with van der Waals surface area (Å²) in [5.41, 5.74) is 3.47. The molecule has 4 aromatic rings. The third-order valence-electron chi connectivity index (χ3n) is 4.80. The predicted molar refractivity (Wildman–Crippen MR) is 105 cm³/mol. The van der Waals surface area contributed by atoms with Crippen LogP contribution < -0.4 is 11.0 Å². The maximum atomic E-state index is 12.7. The van der Waals surface area contributed by atoms with Crippen LogP contribution in [-0.2, 0) is 0 Å². The summed E-state index contributed by atoms with van der Waals surface area (Å²) in [6.07, 6.45) is 0. The van der Waals surface area contributed by atoms with E-state index in [0.717, 1.165) is 10.8 Å². The molecule has 0 unspecified atom stereocenters. The van der Waals surface area contributed by atoms with E-state index in [1.54, 1.807) is 36.4 Å². The quantitative estimate of drug-likeness (QED) is 0.530. The summed E-state index contributed by atoms with van der Waals surface area (Å²) < 4.78 is 0. The van der Waals surface area contributed by atoms with Gasteiger partial charge in [-0.25, -0.2) is 10.5 Å². The molecule has 0 fully saturated rings. The lowest BCUT2D eigenvalue weighted by atomic mass is 10.1. The van der Waals surface area contributed by atoms with Crippen LogP contribution in [-0.4, -0.2) is 27.6 Å². The maximum absolute atomic E-state index is 12.7. The van der Waals surface area contributed by atoms with Crippen LogP contribution in [0.3, 0.4) is 0 Å². The highest BCUT2D eigenvalue weighted by atomic mass is 16.2. The molecule has 7 heteroatoms. The van der Waals surface area contributed by atoms with Gasteiger partial charge in [0.1, 0.15) is 5.71 Å². The number of Topliss-reactive ketones (excluding diaryl/α,β-unsaturated/α-hetero) is 1. The van der Waals surface area contributed by atoms with Crippen LogP contribution in [0.15, 0.2) is 70.6 Å². The van der Waals surface area contributed by atoms with Crippen LogP contribution in [0.1, 0.15) is 26.4 Å². The first kappa shape index (κ1) is 16.1. The summed E-state index contributed by atoms with van der Waals surface area (Å²) in [4.78, 5) is 37.2. The molecule has 7 nitrogen and oxygen atoms in total. The molecular formula is C21H12N4O3. The average molecular weight is 368 g/mol. The number of H-pyrrole nitrogens is 1. The topological polar surface area (TPSA) is 104 Å². The van der Waals surface area contributed by atoms with Crippen LogP contribution in [0.25, 0.3) is 21.5 Å². The number of ketones is 1. The van der Waals surface area contributed by atoms with Crippen molar-refractivity contribution in [2.75, 3.05) is 0 Å². The first-order chi connectivity index (χ1) is 13.6. The van der Waals surface area contributed by atoms with Crippen molar-refractivity contribution in [1.29, 1.82) is 0 Å². The summed E-state index contributed by atoms with van der Waals surface area (Å²) in [6.45, 7) is 0. The Balaban J connectivity index is 1.56. The molecule has 3 aromatic carbocycles. The number of rotatable bonds is 2. The molecule has 0 radical (unpaired) electrons. The van der Waals surface area contributed by atoms with E-state index < -0.39 is 5.91 Å². The zero-order valence-corrected chi connectivity index (χ0v) is 14.4. The smallest absolute Gasteiger partial charge is 0.287 e. The van der Waals surface area contributed by atoms with Crippen molar-refractivity contribution < 1.29 is 9.59 Å². The van der Waals surface area contributed by atoms with Gasteiger partial charge in [-0.1, -0.05) is 54.6 Å². The number of carbonyl (C=O) groups is 2. The van der Waals surface area contributed by atoms with Gasteiger partial charge in [0.25, 0.3) is 11.5 Å². The fraction of sp³-hybridized carbons (Fsp3) is 0. The Morgan fingerprint density at radius 1 is 0.893 bits per heavy atom. The monoisotopic (exact) mass is 368 g/mol. The van der Waals surface area contributed by atoms with Crippen LogP contribution in [0.4, 0.5) is 0 Å². The number of amides is 1. The highest BCUT2D eigenvalue weighted by molar-refractivity contribution is 6.59. The van der Waals surface area contributed by atoms with Crippen molar-refractivity contribution in [2.45, 2.75) is 0 Å². The van der Waals surface area contributed by atoms with Gasteiger partial charge in [-0.05, 0) is 11.5 Å². The van der Waals surface area contributed by atoms with E-state index in [0.29, 0.717) is 21.9 Å². The summed E-state index contributed by atoms with van der Waals surface area (Å²) >= 11 is 0. The molecule has 0 aliphatic heterocycles. The van der Waals surface area contributed by atoms with Gasteiger partial charge in [0, 0.05) is 21.9 Å². The van der Waals surface area contributed by atoms with Crippen molar-refractivity contribution in [1.82, 2.24) is 15.6 Å². The summed E-state index contributed by atoms with van der Waals surface area (Å²) in [5.74, 6) is -0.859. The Kier molecular flexibility index (Phi) is 3.42. The molecule has 1 aliphatic carbocycles. The Morgan fingerprint density at radius 3 is 2.39 bits per heavy atom. The van der Waals surface area contributed by atoms with Crippen molar-refractivity contribution in [2.24, 2.45) is 5.10 Å². The Labute approximate surface area is 157 Å². The minimum Gasteiger partial charge on any atom is -0.287 e. The molecule has 1 heterocycles. The fourth-order valence-corrected chi connectivity index (χ4v) is 3.54. The number of fused-ring (bicyclic) bond motifs is 1. The second-order valence-corrected chi connectivity index (χ2v) is 6.39. The van der Waals surface area contributed by atoms with Gasteiger partial charge in [-0.2, -0.15) is 10.2 Å². The molecule has 1 amide bonds. The minimum absolute atomic E-state index is 0.0284. The van der Waals surface area contributed by atoms with Crippen LogP contribution in [0.2, 0.25) is 0 Å². The van der Waals surface area contributed by atoms with E-state index in [-0.39, 0.29) is 22.7 Å². The van der Waals surface area contributed by atoms with Crippen molar-refractivity contribution in [3.05, 3.63) is 87.8 Å². The highest BCUT2D eigenvalue weighted by Crippen LogP contribution is 2.30. The lowest BCUT2D eigenvalue weighted by Crippen LogP contribution is -2.25. The molecule has 0 saturated heterocycles. The predicted octanol–water partition coefficient (Wildman–Crippen LogP) is 2.41. The van der Waals surface area contributed by atoms with Gasteiger partial charge in [-0.15, -0.1) is 0 Å². The average Bonchev–Trinajstić information content (AvgIpc) is 3.00. The number of hydrazone groups is 1. The number of carbonyl (C=O) groups excluding carboxylic acids is 2. The molecule has 134 valence electrons. The first-order valence-corrected chi connectivity index (χ1v) is 8.57. The van der Waals surface area contributed by atoms with E-state index in [1.165, 1.54) is 0 Å². The first-order valence-electron chi connectivity index (χ1n) is 8.57. The molecule has 0 spiro atoms. The molecule has 0 saturated carbocycles. The number of nitrogens with zero attached hydrogens (tertiary/aromatic N) is 2. The van der Waals surface area contributed by atoms with Gasteiger partial charge >= 0.3 is 0 Å². The Hall–Kier alpha value is -4.13. The van der Waals surface area contributed by atoms with Crippen LogP contribution in [0.5, 0.6) is 0 Å². The second-order valence-electron chi connectivity index (χ2n) is 6.39. The normalized spacial score (nSPS) is 14.1. The van der Waals surface area contributed by atoms with Gasteiger partial charge in [0.2, 0.25) is 5.78 Å². The molecule has 28 heavy (non-hydrogen) atoms. The molecule has 1 aromatic heterocycles. The van der Waals surface area contributed by atoms with Gasteiger partial charge in [0.15, 0.2) is 5.69 Å². The summed E-state index contributed by atoms with van der Waals surface area (Å²) in [6, 6.07) is 17.7. The number of benzene rings is 3. The number of hydrogen-bond acceptors (Lipinski definition) is 5. The fourth-order valence-electron chi connectivity index (χ4n) is 3.54. The molecule has 1 aliphatic rings. The molecule has 2 N–H and O–H groups in total. The SMILES string of the molecule is O=C(N/N=C1\C(=O)c2cccc3cccc1c23)c1n[nH]c(=O)c2ccccc12.